The number of carbonyl (C=O) groups is 11. The van der Waals surface area contributed by atoms with E-state index in [1.165, 1.54) is 44.3 Å². The third-order valence-corrected chi connectivity index (χ3v) is 19.7. The minimum absolute atomic E-state index is 0.00869. The Balaban J connectivity index is 1.14. The molecule has 5 rings (SSSR count). The minimum atomic E-state index is -1.48. The number of rotatable bonds is 41. The number of Topliss-reactive ketones (excluding diaryl/α,β-unsaturated/α-hetero) is 2. The molecule has 25 nitrogen and oxygen atoms in total. The molecule has 7 N–H and O–H groups in total. The molecule has 2 fully saturated rings. The highest BCUT2D eigenvalue weighted by Crippen LogP contribution is 2.33. The first kappa shape index (κ1) is 80.0. The van der Waals surface area contributed by atoms with Gasteiger partial charge in [-0.3, -0.25) is 48.1 Å². The summed E-state index contributed by atoms with van der Waals surface area (Å²) in [5, 5.41) is 16.7. The number of unbranched alkanes of at least 4 members (excludes halogenated alkanes) is 2. The van der Waals surface area contributed by atoms with Gasteiger partial charge in [0.1, 0.15) is 17.7 Å². The number of nitrogens with zero attached hydrogens (tertiary/aromatic N) is 4. The van der Waals surface area contributed by atoms with Gasteiger partial charge < -0.3 is 61.1 Å². The predicted octanol–water partition coefficient (Wildman–Crippen LogP) is 7.84. The highest BCUT2D eigenvalue weighted by Gasteiger charge is 2.45. The third kappa shape index (κ3) is 23.8. The van der Waals surface area contributed by atoms with Crippen molar-refractivity contribution in [1.29, 1.82) is 0 Å². The molecule has 1 aromatic heterocycles. The number of thiazole rings is 1. The monoisotopic (exact) mass is 1370 g/mol. The van der Waals surface area contributed by atoms with Gasteiger partial charge in [0.15, 0.2) is 11.6 Å². The number of ketones is 2. The molecule has 10 amide bonds. The van der Waals surface area contributed by atoms with Crippen LogP contribution in [0.15, 0.2) is 66.2 Å². The summed E-state index contributed by atoms with van der Waals surface area (Å²) in [4.78, 5) is 157. The fourth-order valence-corrected chi connectivity index (χ4v) is 13.4. The van der Waals surface area contributed by atoms with Gasteiger partial charge in [0.2, 0.25) is 35.4 Å². The second kappa shape index (κ2) is 39.1. The van der Waals surface area contributed by atoms with Crippen molar-refractivity contribution in [3.8, 4) is 0 Å². The van der Waals surface area contributed by atoms with Gasteiger partial charge in [-0.25, -0.2) is 14.6 Å². The minimum Gasteiger partial charge on any atom is -0.445 e. The summed E-state index contributed by atoms with van der Waals surface area (Å²) in [6, 6.07) is 13.4. The third-order valence-electron chi connectivity index (χ3n) is 18.8. The number of likely N-dealkylation sites (N-methyl/N-ethyl adjacent to an activating group) is 1. The van der Waals surface area contributed by atoms with Gasteiger partial charge in [-0.2, -0.15) is 0 Å². The average molecular weight is 1370 g/mol. The number of urea groups is 1. The molecule has 2 aromatic carbocycles. The number of imide groups is 1. The van der Waals surface area contributed by atoms with E-state index in [1.54, 1.807) is 68.3 Å². The molecule has 1 unspecified atom stereocenters. The van der Waals surface area contributed by atoms with Crippen LogP contribution in [0.25, 0.3) is 0 Å². The molecule has 3 heterocycles. The molecule has 26 heteroatoms. The van der Waals surface area contributed by atoms with E-state index in [0.29, 0.717) is 69.2 Å². The molecule has 2 aliphatic rings. The average Bonchev–Trinajstić information content (AvgIpc) is 1.83. The number of carbonyl (C=O) groups excluding carboxylic acids is 11. The van der Waals surface area contributed by atoms with Crippen LogP contribution < -0.4 is 32.3 Å². The fraction of sp³-hybridized carbons (Fsp3) is 0.634. The fourth-order valence-electron chi connectivity index (χ4n) is 12.8. The number of nitrogens with two attached hydrogens (primary N) is 1. The number of hydrogen-bond donors (Lipinski definition) is 6. The number of alkyl carbamates (subject to hydrolysis) is 1. The summed E-state index contributed by atoms with van der Waals surface area (Å²) in [6.45, 7) is 16.8. The number of primary amides is 1. The molecular weight excluding hydrogens is 1260 g/mol. The quantitative estimate of drug-likeness (QED) is 0.0233. The molecule has 0 saturated carbocycles. The van der Waals surface area contributed by atoms with E-state index in [-0.39, 0.29) is 123 Å². The first-order chi connectivity index (χ1) is 46.0. The van der Waals surface area contributed by atoms with Gasteiger partial charge in [0, 0.05) is 96.4 Å². The Morgan fingerprint density at radius 1 is 0.825 bits per heavy atom. The Labute approximate surface area is 575 Å². The maximum absolute atomic E-state index is 14.8. The van der Waals surface area contributed by atoms with Gasteiger partial charge in [-0.1, -0.05) is 104 Å². The Morgan fingerprint density at radius 3 is 2.12 bits per heavy atom. The maximum Gasteiger partial charge on any atom is 0.408 e. The summed E-state index contributed by atoms with van der Waals surface area (Å²) in [5.74, 6) is -6.07. The lowest BCUT2D eigenvalue weighted by Crippen LogP contribution is -2.55. The number of amides is 10. The van der Waals surface area contributed by atoms with Crippen LogP contribution >= 0.6 is 11.3 Å². The molecule has 0 spiro atoms. The number of nitrogens with one attached hydrogen (secondary N) is 5. The highest BCUT2D eigenvalue weighted by atomic mass is 32.1. The van der Waals surface area contributed by atoms with E-state index in [2.05, 4.69) is 31.6 Å². The molecule has 3 aromatic rings. The van der Waals surface area contributed by atoms with E-state index in [9.17, 15) is 52.7 Å². The number of anilines is 1. The van der Waals surface area contributed by atoms with E-state index in [0.717, 1.165) is 10.6 Å². The van der Waals surface area contributed by atoms with E-state index < -0.39 is 83.5 Å². The van der Waals surface area contributed by atoms with Crippen LogP contribution in [0.2, 0.25) is 0 Å². The van der Waals surface area contributed by atoms with Crippen molar-refractivity contribution in [2.45, 2.75) is 207 Å². The number of aromatic nitrogens is 1. The van der Waals surface area contributed by atoms with Crippen molar-refractivity contribution >= 4 is 82.1 Å². The normalized spacial score (nSPS) is 17.7. The van der Waals surface area contributed by atoms with E-state index in [1.807, 2.05) is 70.3 Å². The Kier molecular flexibility index (Phi) is 32.2. The zero-order valence-electron chi connectivity index (χ0n) is 59.0. The number of benzene rings is 2. The highest BCUT2D eigenvalue weighted by molar-refractivity contribution is 7.09. The topological polar surface area (TPSA) is 333 Å². The second-order valence-corrected chi connectivity index (χ2v) is 27.8. The number of likely N-dealkylation sites (tertiary alicyclic amines) is 2. The molecule has 0 aliphatic carbocycles. The lowest BCUT2D eigenvalue weighted by atomic mass is 9.83. The van der Waals surface area contributed by atoms with Crippen molar-refractivity contribution in [2.24, 2.45) is 41.2 Å². The molecular formula is C71H106N10O15S. The van der Waals surface area contributed by atoms with Crippen LogP contribution in [0.5, 0.6) is 0 Å². The van der Waals surface area contributed by atoms with E-state index >= 15 is 0 Å². The SMILES string of the molecule is CC[C@H](C)[C@@H]([C@@H](CC(=O)N1CCC[C@H]1[C@H](OC)[C@@H](C)C(=O)N[C@@H](Cc1ccccc1)c1nccs1)OC)N(C)C(=O)[C@@H](CC(=O)C(C)(C)NC(=O)OCc1ccc(NC(=O)[C@H](CCCNC(N)=O)CC(=O)[C@@H](NC(=O)CCCCCN2C(=O)CC(OC)C2=O)C(C)C)cc1)C(C)C. The first-order valence-corrected chi connectivity index (χ1v) is 34.9. The summed E-state index contributed by atoms with van der Waals surface area (Å²) in [5.41, 5.74) is 5.76. The van der Waals surface area contributed by atoms with Crippen LogP contribution in [0.3, 0.4) is 0 Å². The molecule has 0 bridgehead atoms. The zero-order valence-corrected chi connectivity index (χ0v) is 59.8. The number of hydrogen-bond acceptors (Lipinski definition) is 17. The van der Waals surface area contributed by atoms with E-state index in [4.69, 9.17) is 24.7 Å². The number of ether oxygens (including phenoxy) is 4. The summed E-state index contributed by atoms with van der Waals surface area (Å²) < 4.78 is 22.8. The Hall–Kier alpha value is -7.68. The van der Waals surface area contributed by atoms with Crippen molar-refractivity contribution in [3.05, 3.63) is 82.3 Å². The van der Waals surface area contributed by atoms with Crippen LogP contribution in [0.1, 0.15) is 168 Å². The second-order valence-electron chi connectivity index (χ2n) is 26.9. The van der Waals surface area contributed by atoms with Gasteiger partial charge in [-0.15, -0.1) is 11.3 Å². The van der Waals surface area contributed by atoms with Gasteiger partial charge >= 0.3 is 12.1 Å². The largest absolute Gasteiger partial charge is 0.445 e. The lowest BCUT2D eigenvalue weighted by molar-refractivity contribution is -0.149. The van der Waals surface area contributed by atoms with Crippen LogP contribution in [-0.4, -0.2) is 175 Å². The first-order valence-electron chi connectivity index (χ1n) is 34.0. The maximum atomic E-state index is 14.8. The summed E-state index contributed by atoms with van der Waals surface area (Å²) in [7, 11) is 6.14. The molecule has 536 valence electrons. The molecule has 0 radical (unpaired) electrons. The molecule has 2 saturated heterocycles. The van der Waals surface area contributed by atoms with Crippen molar-refractivity contribution < 1.29 is 71.7 Å². The molecule has 11 atom stereocenters. The van der Waals surface area contributed by atoms with Crippen molar-refractivity contribution in [1.82, 2.24) is 41.0 Å². The van der Waals surface area contributed by atoms with Crippen molar-refractivity contribution in [2.75, 3.05) is 53.3 Å². The van der Waals surface area contributed by atoms with Crippen LogP contribution in [0, 0.1) is 35.5 Å². The lowest BCUT2D eigenvalue weighted by Gasteiger charge is -2.41. The molecule has 97 heavy (non-hydrogen) atoms. The van der Waals surface area contributed by atoms with Gasteiger partial charge in [0.05, 0.1) is 60.7 Å². The van der Waals surface area contributed by atoms with Crippen molar-refractivity contribution in [3.63, 3.8) is 0 Å². The van der Waals surface area contributed by atoms with Crippen LogP contribution in [-0.2, 0) is 75.1 Å². The Bertz CT molecular complexity index is 3100. The van der Waals surface area contributed by atoms with Gasteiger partial charge in [0.25, 0.3) is 5.91 Å². The van der Waals surface area contributed by atoms with Crippen LogP contribution in [0.4, 0.5) is 15.3 Å². The standard InChI is InChI=1S/C71H106N10O15S/c1-14-45(6)62(55(93-11)40-59(85)80-35-22-26-53(80)63(95-13)46(7)64(87)76-52(66-73-33-36-97-66)37-47-23-17-15-18-24-47)79(10)67(89)51(43(2)3)39-57(83)71(8,9)78-70(92)96-42-48-28-30-50(31-29-48)75-65(88)49(25-21-32-74-69(72)91)38-54(82)61(44(4)5)77-58(84)27-19-16-20-34-81-60(86)41-56(94-12)68(81)90/h15,17-18,23-24,28-31,33,36,43-46,49,51-53,55-56,61-63H,14,16,19-22,25-27,32,34-35,37-42H2,1-13H3,(H,75,88)(H,76,87)(H,77,84)(H,78,92)(H3,72,74,91)/t45-,46+,49+,51-,52-,53-,55+,56?,61-,62-,63+/m0/s1. The molecule has 2 aliphatic heterocycles. The number of methoxy groups -OCH3 is 3. The summed E-state index contributed by atoms with van der Waals surface area (Å²) in [6.07, 6.45) is 2.87. The predicted molar refractivity (Wildman–Crippen MR) is 367 cm³/mol. The smallest absolute Gasteiger partial charge is 0.408 e. The summed E-state index contributed by atoms with van der Waals surface area (Å²) >= 11 is 1.47. The zero-order chi connectivity index (χ0) is 71.7. The van der Waals surface area contributed by atoms with Gasteiger partial charge in [-0.05, 0) is 99.8 Å². The Morgan fingerprint density at radius 2 is 1.53 bits per heavy atom.